The molecule has 0 spiro atoms. The lowest BCUT2D eigenvalue weighted by atomic mass is 9.94. The average molecular weight is 536 g/mol. The fraction of sp³-hybridized carbons (Fsp3) is 0.267. The molecule has 1 heterocycles. The van der Waals surface area contributed by atoms with E-state index in [0.717, 1.165) is 12.0 Å². The molecule has 1 aliphatic rings. The second-order valence-corrected chi connectivity index (χ2v) is 9.53. The number of benzene rings is 3. The number of aliphatic hydroxyl groups is 1. The molecule has 38 heavy (non-hydrogen) atoms. The van der Waals surface area contributed by atoms with Crippen LogP contribution in [-0.4, -0.2) is 35.1 Å². The van der Waals surface area contributed by atoms with Crippen molar-refractivity contribution >= 4 is 34.7 Å². The summed E-state index contributed by atoms with van der Waals surface area (Å²) in [4.78, 5) is 28.3. The zero-order valence-corrected chi connectivity index (χ0v) is 22.5. The number of hydrogen-bond acceptors (Lipinski definition) is 6. The quantitative estimate of drug-likeness (QED) is 0.195. The molecule has 2 N–H and O–H groups in total. The summed E-state index contributed by atoms with van der Waals surface area (Å²) in [5.74, 6) is -1.11. The fourth-order valence-electron chi connectivity index (χ4n) is 4.58. The number of amides is 1. The maximum absolute atomic E-state index is 13.5. The van der Waals surface area contributed by atoms with E-state index in [9.17, 15) is 19.8 Å². The first-order valence-corrected chi connectivity index (χ1v) is 12.8. The van der Waals surface area contributed by atoms with Gasteiger partial charge in [0.05, 0.1) is 24.8 Å². The molecule has 3 aromatic rings. The molecule has 1 saturated heterocycles. The monoisotopic (exact) mass is 535 g/mol. The molecule has 0 bridgehead atoms. The minimum absolute atomic E-state index is 0.0703. The minimum atomic E-state index is -0.981. The zero-order chi connectivity index (χ0) is 27.6. The van der Waals surface area contributed by atoms with Crippen LogP contribution in [0.1, 0.15) is 48.6 Å². The van der Waals surface area contributed by atoms with E-state index in [4.69, 9.17) is 21.1 Å². The van der Waals surface area contributed by atoms with E-state index in [1.54, 1.807) is 62.4 Å². The summed E-state index contributed by atoms with van der Waals surface area (Å²) in [6.45, 7) is 8.30. The minimum Gasteiger partial charge on any atom is -0.507 e. The largest absolute Gasteiger partial charge is 0.507 e. The van der Waals surface area contributed by atoms with E-state index in [-0.39, 0.29) is 22.8 Å². The number of phenolic OH excluding ortho intramolecular Hbond substituents is 1. The van der Waals surface area contributed by atoms with Gasteiger partial charge in [0, 0.05) is 16.3 Å². The first-order chi connectivity index (χ1) is 18.2. The molecule has 7 nitrogen and oxygen atoms in total. The SMILES string of the molecule is CCCOc1ccc(/C(O)=C2\C(=O)C(=O)N(c3ccc(Cl)cc3C)C2c2ccc(O)c(OCC)c2)cc1C. The Kier molecular flexibility index (Phi) is 7.97. The van der Waals surface area contributed by atoms with Gasteiger partial charge in [-0.1, -0.05) is 24.6 Å². The topological polar surface area (TPSA) is 96.3 Å². The molecule has 198 valence electrons. The standard InChI is InChI=1S/C30H30ClNO6/c1-5-13-38-24-12-8-20(14-18(24)4)28(34)26-27(19-7-11-23(33)25(16-19)37-6-2)32(30(36)29(26)35)22-10-9-21(31)15-17(22)3/h7-12,14-16,27,33-34H,5-6,13H2,1-4H3/b28-26+. The predicted molar refractivity (Wildman–Crippen MR) is 147 cm³/mol. The number of aryl methyl sites for hydroxylation is 2. The number of anilines is 1. The summed E-state index contributed by atoms with van der Waals surface area (Å²) in [6, 6.07) is 13.8. The number of rotatable bonds is 8. The van der Waals surface area contributed by atoms with Gasteiger partial charge < -0.3 is 19.7 Å². The van der Waals surface area contributed by atoms with Crippen molar-refractivity contribution in [3.8, 4) is 17.2 Å². The molecular weight excluding hydrogens is 506 g/mol. The van der Waals surface area contributed by atoms with E-state index < -0.39 is 17.7 Å². The second-order valence-electron chi connectivity index (χ2n) is 9.09. The lowest BCUT2D eigenvalue weighted by Crippen LogP contribution is -2.30. The van der Waals surface area contributed by atoms with Gasteiger partial charge >= 0.3 is 0 Å². The van der Waals surface area contributed by atoms with Gasteiger partial charge in [0.15, 0.2) is 11.5 Å². The number of halogens is 1. The second kappa shape index (κ2) is 11.2. The number of carbonyl (C=O) groups is 2. The maximum atomic E-state index is 13.5. The highest BCUT2D eigenvalue weighted by atomic mass is 35.5. The van der Waals surface area contributed by atoms with Crippen LogP contribution in [0.5, 0.6) is 17.2 Å². The van der Waals surface area contributed by atoms with Gasteiger partial charge in [0.2, 0.25) is 0 Å². The van der Waals surface area contributed by atoms with Crippen molar-refractivity contribution in [2.45, 2.75) is 40.2 Å². The van der Waals surface area contributed by atoms with Crippen molar-refractivity contribution in [1.82, 2.24) is 0 Å². The van der Waals surface area contributed by atoms with Crippen molar-refractivity contribution < 1.29 is 29.3 Å². The molecule has 8 heteroatoms. The van der Waals surface area contributed by atoms with Crippen LogP contribution >= 0.6 is 11.6 Å². The summed E-state index contributed by atoms with van der Waals surface area (Å²) in [5, 5.41) is 22.2. The molecule has 0 radical (unpaired) electrons. The van der Waals surface area contributed by atoms with Crippen LogP contribution in [0.15, 0.2) is 60.2 Å². The molecule has 1 fully saturated rings. The highest BCUT2D eigenvalue weighted by molar-refractivity contribution is 6.51. The lowest BCUT2D eigenvalue weighted by Gasteiger charge is -2.27. The van der Waals surface area contributed by atoms with E-state index in [2.05, 4.69) is 0 Å². The van der Waals surface area contributed by atoms with Crippen molar-refractivity contribution in [2.75, 3.05) is 18.1 Å². The molecule has 0 aliphatic carbocycles. The maximum Gasteiger partial charge on any atom is 0.300 e. The molecule has 3 aromatic carbocycles. The van der Waals surface area contributed by atoms with Gasteiger partial charge in [-0.15, -0.1) is 0 Å². The molecule has 0 aromatic heterocycles. The molecule has 1 unspecified atom stereocenters. The Bertz CT molecular complexity index is 1430. The molecule has 1 amide bonds. The third kappa shape index (κ3) is 5.07. The first-order valence-electron chi connectivity index (χ1n) is 12.4. The number of phenols is 1. The van der Waals surface area contributed by atoms with E-state index >= 15 is 0 Å². The Labute approximate surface area is 226 Å². The first kappa shape index (κ1) is 27.1. The number of ketones is 1. The Morgan fingerprint density at radius 2 is 1.71 bits per heavy atom. The smallest absolute Gasteiger partial charge is 0.300 e. The number of hydrogen-bond donors (Lipinski definition) is 2. The van der Waals surface area contributed by atoms with E-state index in [1.807, 2.05) is 13.8 Å². The van der Waals surface area contributed by atoms with E-state index in [0.29, 0.717) is 46.4 Å². The number of nitrogens with zero attached hydrogens (tertiary/aromatic N) is 1. The van der Waals surface area contributed by atoms with Crippen molar-refractivity contribution in [3.63, 3.8) is 0 Å². The van der Waals surface area contributed by atoms with Crippen LogP contribution < -0.4 is 14.4 Å². The molecule has 0 saturated carbocycles. The number of carbonyl (C=O) groups excluding carboxylic acids is 2. The summed E-state index contributed by atoms with van der Waals surface area (Å²) in [5.41, 5.74) is 2.74. The Morgan fingerprint density at radius 1 is 0.947 bits per heavy atom. The van der Waals surface area contributed by atoms with Crippen LogP contribution in [0.25, 0.3) is 5.76 Å². The third-order valence-electron chi connectivity index (χ3n) is 6.37. The highest BCUT2D eigenvalue weighted by Crippen LogP contribution is 2.45. The number of aromatic hydroxyl groups is 1. The Hall–Kier alpha value is -3.97. The average Bonchev–Trinajstić information content (AvgIpc) is 3.14. The molecule has 1 atom stereocenters. The molecule has 1 aliphatic heterocycles. The fourth-order valence-corrected chi connectivity index (χ4v) is 4.81. The predicted octanol–water partition coefficient (Wildman–Crippen LogP) is 6.48. The number of ether oxygens (including phenoxy) is 2. The van der Waals surface area contributed by atoms with Gasteiger partial charge in [-0.2, -0.15) is 0 Å². The van der Waals surface area contributed by atoms with Crippen LogP contribution in [0.2, 0.25) is 5.02 Å². The van der Waals surface area contributed by atoms with Crippen LogP contribution in [-0.2, 0) is 9.59 Å². The summed E-state index contributed by atoms with van der Waals surface area (Å²) >= 11 is 6.16. The van der Waals surface area contributed by atoms with Crippen molar-refractivity contribution in [1.29, 1.82) is 0 Å². The van der Waals surface area contributed by atoms with Gasteiger partial charge in [0.25, 0.3) is 11.7 Å². The van der Waals surface area contributed by atoms with Crippen molar-refractivity contribution in [2.24, 2.45) is 0 Å². The lowest BCUT2D eigenvalue weighted by molar-refractivity contribution is -0.132. The zero-order valence-electron chi connectivity index (χ0n) is 21.7. The van der Waals surface area contributed by atoms with Crippen LogP contribution in [0.3, 0.4) is 0 Å². The van der Waals surface area contributed by atoms with E-state index in [1.165, 1.54) is 11.0 Å². The van der Waals surface area contributed by atoms with Crippen molar-refractivity contribution in [3.05, 3.63) is 87.4 Å². The Morgan fingerprint density at radius 3 is 2.37 bits per heavy atom. The summed E-state index contributed by atoms with van der Waals surface area (Å²) < 4.78 is 11.3. The van der Waals surface area contributed by atoms with Gasteiger partial charge in [0.1, 0.15) is 11.5 Å². The van der Waals surface area contributed by atoms with Crippen LogP contribution in [0, 0.1) is 13.8 Å². The third-order valence-corrected chi connectivity index (χ3v) is 6.61. The number of aliphatic hydroxyl groups excluding tert-OH is 1. The Balaban J connectivity index is 1.93. The van der Waals surface area contributed by atoms with Gasteiger partial charge in [-0.3, -0.25) is 14.5 Å². The normalized spacial score (nSPS) is 16.7. The summed E-state index contributed by atoms with van der Waals surface area (Å²) in [6.07, 6.45) is 0.852. The highest BCUT2D eigenvalue weighted by Gasteiger charge is 2.47. The van der Waals surface area contributed by atoms with Gasteiger partial charge in [-0.05, 0) is 92.4 Å². The summed E-state index contributed by atoms with van der Waals surface area (Å²) in [7, 11) is 0. The van der Waals surface area contributed by atoms with Gasteiger partial charge in [-0.25, -0.2) is 0 Å². The molecule has 4 rings (SSSR count). The molecular formula is C30H30ClNO6. The van der Waals surface area contributed by atoms with Crippen LogP contribution in [0.4, 0.5) is 5.69 Å². The number of Topliss-reactive ketones (excluding diaryl/α,β-unsaturated/α-hetero) is 1.